The van der Waals surface area contributed by atoms with Crippen molar-refractivity contribution in [1.82, 2.24) is 24.4 Å². The van der Waals surface area contributed by atoms with E-state index < -0.39 is 17.3 Å². The highest BCUT2D eigenvalue weighted by atomic mass is 19.4. The van der Waals surface area contributed by atoms with Crippen LogP contribution in [0.4, 0.5) is 23.8 Å². The molecule has 194 valence electrons. The first-order valence-electron chi connectivity index (χ1n) is 11.9. The van der Waals surface area contributed by atoms with E-state index in [0.29, 0.717) is 31.0 Å². The van der Waals surface area contributed by atoms with E-state index in [0.717, 1.165) is 29.3 Å². The first-order chi connectivity index (χ1) is 16.8. The van der Waals surface area contributed by atoms with E-state index in [1.807, 2.05) is 41.5 Å². The quantitative estimate of drug-likeness (QED) is 0.486. The predicted molar refractivity (Wildman–Crippen MR) is 130 cm³/mol. The average molecular weight is 505 g/mol. The number of ether oxygens (including phenoxy) is 1. The predicted octanol–water partition coefficient (Wildman–Crippen LogP) is 5.23. The fraction of sp³-hybridized carbons (Fsp3) is 0.520. The number of halogens is 3. The number of rotatable bonds is 3. The number of aryl methyl sites for hydroxylation is 1. The summed E-state index contributed by atoms with van der Waals surface area (Å²) < 4.78 is 47.2. The number of amides is 1. The van der Waals surface area contributed by atoms with E-state index >= 15 is 0 Å². The maximum Gasteiger partial charge on any atom is 0.416 e. The molecule has 1 amide bonds. The largest absolute Gasteiger partial charge is 0.444 e. The van der Waals surface area contributed by atoms with Crippen LogP contribution in [0.3, 0.4) is 0 Å². The third kappa shape index (κ3) is 4.96. The summed E-state index contributed by atoms with van der Waals surface area (Å²) >= 11 is 0. The number of piperazine rings is 1. The van der Waals surface area contributed by atoms with Crippen LogP contribution in [-0.4, -0.2) is 61.3 Å². The van der Waals surface area contributed by atoms with Crippen molar-refractivity contribution < 1.29 is 22.7 Å². The second kappa shape index (κ2) is 9.25. The average Bonchev–Trinajstić information content (AvgIpc) is 3.18. The molecule has 0 unspecified atom stereocenters. The third-order valence-electron chi connectivity index (χ3n) is 6.23. The number of carbonyl (C=O) groups is 1. The van der Waals surface area contributed by atoms with Crippen LogP contribution >= 0.6 is 0 Å². The van der Waals surface area contributed by atoms with Crippen molar-refractivity contribution in [2.45, 2.75) is 71.8 Å². The molecule has 1 aliphatic rings. The summed E-state index contributed by atoms with van der Waals surface area (Å²) in [6.45, 7) is 12.4. The molecule has 0 radical (unpaired) electrons. The van der Waals surface area contributed by atoms with Gasteiger partial charge in [0.2, 0.25) is 0 Å². The normalized spacial score (nSPS) is 19.1. The number of nitrogens with zero attached hydrogens (tertiary/aromatic N) is 6. The van der Waals surface area contributed by atoms with Crippen molar-refractivity contribution >= 4 is 22.9 Å². The highest BCUT2D eigenvalue weighted by Crippen LogP contribution is 2.35. The Morgan fingerprint density at radius 2 is 1.83 bits per heavy atom. The molecule has 0 bridgehead atoms. The van der Waals surface area contributed by atoms with Gasteiger partial charge in [-0.1, -0.05) is 6.92 Å². The molecular formula is C25H31F3N6O2. The van der Waals surface area contributed by atoms with Gasteiger partial charge in [-0.15, -0.1) is 0 Å². The lowest BCUT2D eigenvalue weighted by molar-refractivity contribution is -0.137. The molecule has 1 fully saturated rings. The van der Waals surface area contributed by atoms with Crippen molar-refractivity contribution in [2.24, 2.45) is 0 Å². The Morgan fingerprint density at radius 3 is 2.47 bits per heavy atom. The van der Waals surface area contributed by atoms with Gasteiger partial charge in [-0.3, -0.25) is 4.57 Å². The summed E-state index contributed by atoms with van der Waals surface area (Å²) in [5.41, 5.74) is 0.0153. The zero-order valence-corrected chi connectivity index (χ0v) is 21.3. The topological polar surface area (TPSA) is 76.4 Å². The van der Waals surface area contributed by atoms with Gasteiger partial charge < -0.3 is 14.5 Å². The van der Waals surface area contributed by atoms with Crippen LogP contribution in [-0.2, 0) is 17.3 Å². The summed E-state index contributed by atoms with van der Waals surface area (Å²) in [7, 11) is 0. The lowest BCUT2D eigenvalue weighted by Crippen LogP contribution is -2.59. The van der Waals surface area contributed by atoms with E-state index in [4.69, 9.17) is 4.74 Å². The molecule has 36 heavy (non-hydrogen) atoms. The van der Waals surface area contributed by atoms with Gasteiger partial charge in [-0.05, 0) is 58.7 Å². The lowest BCUT2D eigenvalue weighted by atomic mass is 10.1. The van der Waals surface area contributed by atoms with Crippen LogP contribution in [0.15, 0.2) is 30.9 Å². The van der Waals surface area contributed by atoms with Crippen molar-refractivity contribution in [3.63, 3.8) is 0 Å². The number of hydrogen-bond acceptors (Lipinski definition) is 6. The van der Waals surface area contributed by atoms with Crippen LogP contribution in [0.2, 0.25) is 0 Å². The summed E-state index contributed by atoms with van der Waals surface area (Å²) in [4.78, 5) is 29.8. The van der Waals surface area contributed by atoms with Gasteiger partial charge in [0.1, 0.15) is 23.6 Å². The Balaban J connectivity index is 1.73. The molecule has 0 N–H and O–H groups in total. The fourth-order valence-corrected chi connectivity index (χ4v) is 4.50. The third-order valence-corrected chi connectivity index (χ3v) is 6.23. The number of carbonyl (C=O) groups excluding carboxylic acids is 1. The van der Waals surface area contributed by atoms with Crippen LogP contribution in [0.5, 0.6) is 0 Å². The van der Waals surface area contributed by atoms with Crippen LogP contribution < -0.4 is 4.90 Å². The molecule has 1 aliphatic heterocycles. The molecule has 3 aromatic heterocycles. The molecule has 3 aromatic rings. The molecule has 4 heterocycles. The van der Waals surface area contributed by atoms with Crippen LogP contribution in [0, 0.1) is 0 Å². The molecule has 0 aliphatic carbocycles. The Hall–Kier alpha value is -3.37. The van der Waals surface area contributed by atoms with Crippen molar-refractivity contribution in [3.05, 3.63) is 42.0 Å². The molecule has 0 saturated carbocycles. The van der Waals surface area contributed by atoms with Gasteiger partial charge in [0, 0.05) is 37.6 Å². The molecule has 2 atom stereocenters. The standard InChI is InChI=1S/C25H31F3N6O2/c1-7-17-13-34(19-10-18(8-9-29-19)25(26,27)28)22-20(17)21(30-14-31-22)32-11-16(3)33(12-15(32)2)23(35)36-24(4,5)6/h8-10,13-16H,7,11-12H2,1-6H3/t15-,16+/m0/s1. The minimum Gasteiger partial charge on any atom is -0.444 e. The van der Waals surface area contributed by atoms with Gasteiger partial charge in [-0.2, -0.15) is 13.2 Å². The Kier molecular flexibility index (Phi) is 6.61. The number of hydrogen-bond donors (Lipinski definition) is 0. The van der Waals surface area contributed by atoms with Crippen LogP contribution in [0.25, 0.3) is 16.9 Å². The zero-order valence-electron chi connectivity index (χ0n) is 21.3. The molecular weight excluding hydrogens is 473 g/mol. The molecule has 0 aromatic carbocycles. The maximum atomic E-state index is 13.3. The fourth-order valence-electron chi connectivity index (χ4n) is 4.50. The number of anilines is 1. The van der Waals surface area contributed by atoms with Crippen molar-refractivity contribution in [1.29, 1.82) is 0 Å². The summed E-state index contributed by atoms with van der Waals surface area (Å²) in [5.74, 6) is 0.820. The monoisotopic (exact) mass is 504 g/mol. The SMILES string of the molecule is CCc1cn(-c2cc(C(F)(F)F)ccn2)c2ncnc(N3C[C@@H](C)N(C(=O)OC(C)(C)C)C[C@@H]3C)c12. The first-order valence-corrected chi connectivity index (χ1v) is 11.9. The highest BCUT2D eigenvalue weighted by Gasteiger charge is 2.36. The lowest BCUT2D eigenvalue weighted by Gasteiger charge is -2.44. The second-order valence-corrected chi connectivity index (χ2v) is 10.2. The molecule has 11 heteroatoms. The van der Waals surface area contributed by atoms with Gasteiger partial charge >= 0.3 is 12.3 Å². The van der Waals surface area contributed by atoms with Crippen LogP contribution in [0.1, 0.15) is 52.7 Å². The second-order valence-electron chi connectivity index (χ2n) is 10.2. The van der Waals surface area contributed by atoms with Gasteiger partial charge in [0.05, 0.1) is 10.9 Å². The maximum absolute atomic E-state index is 13.3. The van der Waals surface area contributed by atoms with Gasteiger partial charge in [0.25, 0.3) is 0 Å². The number of fused-ring (bicyclic) bond motifs is 1. The smallest absolute Gasteiger partial charge is 0.416 e. The summed E-state index contributed by atoms with van der Waals surface area (Å²) in [5, 5.41) is 0.768. The van der Waals surface area contributed by atoms with Crippen molar-refractivity contribution in [2.75, 3.05) is 18.0 Å². The Bertz CT molecular complexity index is 1270. The van der Waals surface area contributed by atoms with E-state index in [-0.39, 0.29) is 24.0 Å². The number of pyridine rings is 1. The minimum absolute atomic E-state index is 0.0773. The Morgan fingerprint density at radius 1 is 1.11 bits per heavy atom. The van der Waals surface area contributed by atoms with E-state index in [2.05, 4.69) is 19.9 Å². The van der Waals surface area contributed by atoms with Gasteiger partial charge in [0.15, 0.2) is 5.65 Å². The molecule has 1 saturated heterocycles. The van der Waals surface area contributed by atoms with E-state index in [9.17, 15) is 18.0 Å². The first kappa shape index (κ1) is 25.7. The number of aromatic nitrogens is 4. The van der Waals surface area contributed by atoms with Crippen molar-refractivity contribution in [3.8, 4) is 5.82 Å². The molecule has 4 rings (SSSR count). The molecule has 8 nitrogen and oxygen atoms in total. The minimum atomic E-state index is -4.48. The van der Waals surface area contributed by atoms with Gasteiger partial charge in [-0.25, -0.2) is 19.7 Å². The summed E-state index contributed by atoms with van der Waals surface area (Å²) in [6, 6.07) is 1.75. The molecule has 0 spiro atoms. The number of alkyl halides is 3. The van der Waals surface area contributed by atoms with E-state index in [1.54, 1.807) is 15.7 Å². The van der Waals surface area contributed by atoms with E-state index in [1.165, 1.54) is 6.33 Å². The highest BCUT2D eigenvalue weighted by molar-refractivity contribution is 5.92. The summed E-state index contributed by atoms with van der Waals surface area (Å²) in [6.07, 6.45) is 0.135. The Labute approximate surface area is 208 Å². The zero-order chi connectivity index (χ0) is 26.4.